The van der Waals surface area contributed by atoms with Crippen LogP contribution >= 0.6 is 0 Å². The standard InChI is InChI=1S/C36H51NO4/c1-5-27(6-2)37(4)33(7-3)25-9-8-10-28(23-25)39-20-19-35-17-15-30-29-16-18-36(40-21-22-41-36)24-26(29)11-12-31(30)32(35)13-14-34(35)38/h8-10,15,23,27,31-33H,5-7,11-14,16-22,24H2,1-4H3/t31?,32?,33?,35-/m1/s1. The van der Waals surface area contributed by atoms with Crippen LogP contribution in [0.2, 0.25) is 0 Å². The molecule has 0 N–H and O–H groups in total. The lowest BCUT2D eigenvalue weighted by atomic mass is 9.57. The molecule has 1 heterocycles. The molecule has 1 aromatic rings. The monoisotopic (exact) mass is 561 g/mol. The zero-order valence-corrected chi connectivity index (χ0v) is 25.9. The summed E-state index contributed by atoms with van der Waals surface area (Å²) < 4.78 is 18.6. The fourth-order valence-corrected chi connectivity index (χ4v) is 9.37. The number of carbonyl (C=O) groups is 1. The van der Waals surface area contributed by atoms with Crippen LogP contribution < -0.4 is 4.74 Å². The summed E-state index contributed by atoms with van der Waals surface area (Å²) in [5, 5.41) is 0. The number of ether oxygens (including phenoxy) is 3. The summed E-state index contributed by atoms with van der Waals surface area (Å²) in [7, 11) is 2.27. The van der Waals surface area contributed by atoms with Crippen molar-refractivity contribution < 1.29 is 19.0 Å². The molecule has 0 radical (unpaired) electrons. The lowest BCUT2D eigenvalue weighted by molar-refractivity contribution is -0.164. The van der Waals surface area contributed by atoms with Gasteiger partial charge in [0.1, 0.15) is 11.5 Å². The van der Waals surface area contributed by atoms with E-state index in [1.807, 2.05) is 0 Å². The Bertz CT molecular complexity index is 1180. The van der Waals surface area contributed by atoms with Gasteiger partial charge in [-0.15, -0.1) is 0 Å². The highest BCUT2D eigenvalue weighted by Gasteiger charge is 2.55. The molecule has 3 unspecified atom stereocenters. The molecular formula is C36H51NO4. The van der Waals surface area contributed by atoms with E-state index in [9.17, 15) is 4.79 Å². The highest BCUT2D eigenvalue weighted by Crippen LogP contribution is 2.60. The second kappa shape index (κ2) is 12.0. The summed E-state index contributed by atoms with van der Waals surface area (Å²) in [6.45, 7) is 8.89. The SMILES string of the molecule is CCC(CC)N(C)C(CC)c1cccc(OCC[C@]23CC=C4C5=C(CCC4C2CCC3=O)CC2(CC5)OCCO2)c1. The van der Waals surface area contributed by atoms with Crippen molar-refractivity contribution in [2.24, 2.45) is 17.3 Å². The van der Waals surface area contributed by atoms with Crippen molar-refractivity contribution in [3.05, 3.63) is 52.6 Å². The van der Waals surface area contributed by atoms with Crippen LogP contribution in [-0.2, 0) is 14.3 Å². The number of allylic oxidation sites excluding steroid dienone is 3. The Morgan fingerprint density at radius 2 is 1.85 bits per heavy atom. The molecule has 4 aliphatic carbocycles. The fourth-order valence-electron chi connectivity index (χ4n) is 9.37. The van der Waals surface area contributed by atoms with Crippen molar-refractivity contribution in [3.8, 4) is 5.75 Å². The molecule has 2 fully saturated rings. The number of hydrogen-bond donors (Lipinski definition) is 0. The highest BCUT2D eigenvalue weighted by molar-refractivity contribution is 5.88. The maximum absolute atomic E-state index is 13.5. The van der Waals surface area contributed by atoms with Crippen LogP contribution in [0.4, 0.5) is 0 Å². The smallest absolute Gasteiger partial charge is 0.172 e. The van der Waals surface area contributed by atoms with Gasteiger partial charge in [-0.2, -0.15) is 0 Å². The van der Waals surface area contributed by atoms with Crippen molar-refractivity contribution in [2.75, 3.05) is 26.9 Å². The topological polar surface area (TPSA) is 48.0 Å². The van der Waals surface area contributed by atoms with E-state index in [2.05, 4.69) is 63.1 Å². The third kappa shape index (κ3) is 5.25. The van der Waals surface area contributed by atoms with Crippen LogP contribution in [0.5, 0.6) is 5.75 Å². The minimum Gasteiger partial charge on any atom is -0.494 e. The van der Waals surface area contributed by atoms with Gasteiger partial charge in [-0.1, -0.05) is 44.6 Å². The first-order valence-electron chi connectivity index (χ1n) is 16.6. The Morgan fingerprint density at radius 1 is 1.05 bits per heavy atom. The lowest BCUT2D eigenvalue weighted by Crippen LogP contribution is -2.43. The van der Waals surface area contributed by atoms with E-state index in [1.165, 1.54) is 5.56 Å². The summed E-state index contributed by atoms with van der Waals surface area (Å²) in [5.41, 5.74) is 5.78. The zero-order chi connectivity index (χ0) is 28.6. The molecule has 6 rings (SSSR count). The van der Waals surface area contributed by atoms with Gasteiger partial charge in [-0.3, -0.25) is 9.69 Å². The fraction of sp³-hybridized carbons (Fsp3) is 0.694. The molecular weight excluding hydrogens is 510 g/mol. The van der Waals surface area contributed by atoms with Gasteiger partial charge in [0.2, 0.25) is 0 Å². The molecule has 1 aromatic carbocycles. The Morgan fingerprint density at radius 3 is 2.61 bits per heavy atom. The number of rotatable bonds is 10. The molecule has 5 heteroatoms. The molecule has 0 amide bonds. The summed E-state index contributed by atoms with van der Waals surface area (Å²) in [4.78, 5) is 16.1. The molecule has 1 aliphatic heterocycles. The molecule has 1 saturated carbocycles. The van der Waals surface area contributed by atoms with E-state index in [0.29, 0.717) is 36.3 Å². The van der Waals surface area contributed by atoms with Crippen molar-refractivity contribution in [3.63, 3.8) is 0 Å². The van der Waals surface area contributed by atoms with Gasteiger partial charge >= 0.3 is 0 Å². The largest absolute Gasteiger partial charge is 0.494 e. The maximum atomic E-state index is 13.5. The van der Waals surface area contributed by atoms with E-state index in [0.717, 1.165) is 96.0 Å². The Kier molecular flexibility index (Phi) is 8.51. The second-order valence-corrected chi connectivity index (χ2v) is 13.3. The molecule has 224 valence electrons. The minimum absolute atomic E-state index is 0.251. The van der Waals surface area contributed by atoms with Crippen LogP contribution in [-0.4, -0.2) is 49.4 Å². The number of ketones is 1. The van der Waals surface area contributed by atoms with Crippen molar-refractivity contribution >= 4 is 5.78 Å². The quantitative estimate of drug-likeness (QED) is 0.290. The number of benzene rings is 1. The first-order chi connectivity index (χ1) is 19.9. The lowest BCUT2D eigenvalue weighted by Gasteiger charge is -2.48. The van der Waals surface area contributed by atoms with E-state index in [4.69, 9.17) is 14.2 Å². The number of Topliss-reactive ketones (excluding diaryl/α,β-unsaturated/α-hetero) is 1. The Labute approximate surface area is 247 Å². The first-order valence-corrected chi connectivity index (χ1v) is 16.6. The van der Waals surface area contributed by atoms with Gasteiger partial charge < -0.3 is 14.2 Å². The molecule has 1 saturated heterocycles. The van der Waals surface area contributed by atoms with Gasteiger partial charge in [-0.25, -0.2) is 0 Å². The number of nitrogens with zero attached hydrogens (tertiary/aromatic N) is 1. The highest BCUT2D eigenvalue weighted by atomic mass is 16.7. The van der Waals surface area contributed by atoms with Gasteiger partial charge in [0, 0.05) is 36.8 Å². The van der Waals surface area contributed by atoms with E-state index in [-0.39, 0.29) is 11.2 Å². The summed E-state index contributed by atoms with van der Waals surface area (Å²) in [6.07, 6.45) is 14.6. The van der Waals surface area contributed by atoms with Crippen LogP contribution in [0.1, 0.15) is 109 Å². The minimum atomic E-state index is -0.358. The number of fused-ring (bicyclic) bond motifs is 4. The summed E-state index contributed by atoms with van der Waals surface area (Å²) in [6, 6.07) is 9.67. The zero-order valence-electron chi connectivity index (χ0n) is 25.9. The van der Waals surface area contributed by atoms with Gasteiger partial charge in [0.15, 0.2) is 5.79 Å². The third-order valence-corrected chi connectivity index (χ3v) is 11.6. The van der Waals surface area contributed by atoms with Crippen LogP contribution in [0.3, 0.4) is 0 Å². The molecule has 1 spiro atoms. The van der Waals surface area contributed by atoms with E-state index >= 15 is 0 Å². The van der Waals surface area contributed by atoms with Crippen molar-refractivity contribution in [1.29, 1.82) is 0 Å². The molecule has 41 heavy (non-hydrogen) atoms. The molecule has 5 aliphatic rings. The van der Waals surface area contributed by atoms with Crippen molar-refractivity contribution in [1.82, 2.24) is 4.90 Å². The molecule has 5 nitrogen and oxygen atoms in total. The van der Waals surface area contributed by atoms with Crippen LogP contribution in [0.15, 0.2) is 47.1 Å². The van der Waals surface area contributed by atoms with Crippen LogP contribution in [0, 0.1) is 17.3 Å². The van der Waals surface area contributed by atoms with Gasteiger partial charge in [0.25, 0.3) is 0 Å². The first kappa shape index (κ1) is 29.1. The summed E-state index contributed by atoms with van der Waals surface area (Å²) >= 11 is 0. The van der Waals surface area contributed by atoms with E-state index < -0.39 is 0 Å². The third-order valence-electron chi connectivity index (χ3n) is 11.6. The Balaban J connectivity index is 1.15. The Hall–Kier alpha value is -1.95. The average molecular weight is 562 g/mol. The maximum Gasteiger partial charge on any atom is 0.172 e. The number of carbonyl (C=O) groups excluding carboxylic acids is 1. The van der Waals surface area contributed by atoms with E-state index in [1.54, 1.807) is 16.7 Å². The van der Waals surface area contributed by atoms with Gasteiger partial charge in [0.05, 0.1) is 19.8 Å². The summed E-state index contributed by atoms with van der Waals surface area (Å²) in [5.74, 6) is 2.02. The molecule has 4 atom stereocenters. The number of hydrogen-bond acceptors (Lipinski definition) is 5. The predicted molar refractivity (Wildman–Crippen MR) is 163 cm³/mol. The molecule has 0 aromatic heterocycles. The second-order valence-electron chi connectivity index (χ2n) is 13.3. The predicted octanol–water partition coefficient (Wildman–Crippen LogP) is 7.96. The van der Waals surface area contributed by atoms with Crippen LogP contribution in [0.25, 0.3) is 0 Å². The average Bonchev–Trinajstić information content (AvgIpc) is 3.58. The molecule has 0 bridgehead atoms. The normalized spacial score (nSPS) is 29.5. The van der Waals surface area contributed by atoms with Crippen molar-refractivity contribution in [2.45, 2.75) is 116 Å². The van der Waals surface area contributed by atoms with Gasteiger partial charge in [-0.05, 0) is 106 Å².